The van der Waals surface area contributed by atoms with Crippen molar-refractivity contribution in [3.05, 3.63) is 52.8 Å². The SMILES string of the molecule is Cc1nc(C(=O)Nc2cccc(Cl)n2)c(Nc2cncnc2)s1. The molecule has 0 aliphatic carbocycles. The minimum Gasteiger partial charge on any atom is -0.343 e. The molecule has 0 radical (unpaired) electrons. The van der Waals surface area contributed by atoms with E-state index in [1.807, 2.05) is 6.92 Å². The highest BCUT2D eigenvalue weighted by atomic mass is 35.5. The lowest BCUT2D eigenvalue weighted by atomic mass is 10.4. The van der Waals surface area contributed by atoms with E-state index in [1.54, 1.807) is 30.6 Å². The number of rotatable bonds is 4. The van der Waals surface area contributed by atoms with Crippen LogP contribution < -0.4 is 10.6 Å². The Kier molecular flexibility index (Phi) is 4.45. The van der Waals surface area contributed by atoms with E-state index in [-0.39, 0.29) is 11.6 Å². The lowest BCUT2D eigenvalue weighted by Crippen LogP contribution is -2.15. The van der Waals surface area contributed by atoms with Crippen molar-refractivity contribution in [2.45, 2.75) is 6.92 Å². The predicted octanol–water partition coefficient (Wildman–Crippen LogP) is 3.29. The van der Waals surface area contributed by atoms with Gasteiger partial charge in [-0.1, -0.05) is 17.7 Å². The summed E-state index contributed by atoms with van der Waals surface area (Å²) < 4.78 is 0. The summed E-state index contributed by atoms with van der Waals surface area (Å²) in [5.41, 5.74) is 0.948. The molecule has 0 aliphatic rings. The van der Waals surface area contributed by atoms with Crippen molar-refractivity contribution in [1.82, 2.24) is 19.9 Å². The van der Waals surface area contributed by atoms with Gasteiger partial charge in [0.2, 0.25) is 0 Å². The third-order valence-corrected chi connectivity index (χ3v) is 3.82. The van der Waals surface area contributed by atoms with Gasteiger partial charge in [0.15, 0.2) is 5.69 Å². The molecule has 3 aromatic rings. The van der Waals surface area contributed by atoms with E-state index in [2.05, 4.69) is 30.6 Å². The quantitative estimate of drug-likeness (QED) is 0.704. The van der Waals surface area contributed by atoms with Crippen LogP contribution in [0.1, 0.15) is 15.5 Å². The van der Waals surface area contributed by atoms with E-state index < -0.39 is 0 Å². The van der Waals surface area contributed by atoms with Crippen molar-refractivity contribution in [2.75, 3.05) is 10.6 Å². The summed E-state index contributed by atoms with van der Waals surface area (Å²) in [5, 5.41) is 7.44. The molecule has 3 heterocycles. The molecule has 0 aromatic carbocycles. The Morgan fingerprint density at radius 3 is 2.74 bits per heavy atom. The number of halogens is 1. The molecule has 2 N–H and O–H groups in total. The zero-order valence-corrected chi connectivity index (χ0v) is 13.5. The Hall–Kier alpha value is -2.58. The fourth-order valence-electron chi connectivity index (χ4n) is 1.81. The summed E-state index contributed by atoms with van der Waals surface area (Å²) in [7, 11) is 0. The number of hydrogen-bond acceptors (Lipinski definition) is 7. The second kappa shape index (κ2) is 6.67. The van der Waals surface area contributed by atoms with Gasteiger partial charge in [-0.3, -0.25) is 4.79 Å². The molecule has 0 spiro atoms. The van der Waals surface area contributed by atoms with Crippen LogP contribution in [0.25, 0.3) is 0 Å². The summed E-state index contributed by atoms with van der Waals surface area (Å²) in [6, 6.07) is 4.99. The van der Waals surface area contributed by atoms with Crippen LogP contribution in [0.4, 0.5) is 16.5 Å². The molecule has 0 saturated heterocycles. The van der Waals surface area contributed by atoms with E-state index >= 15 is 0 Å². The summed E-state index contributed by atoms with van der Waals surface area (Å²) >= 11 is 7.18. The first-order chi connectivity index (χ1) is 11.1. The van der Waals surface area contributed by atoms with E-state index in [9.17, 15) is 4.79 Å². The number of carbonyl (C=O) groups is 1. The number of thiazole rings is 1. The van der Waals surface area contributed by atoms with Crippen LogP contribution >= 0.6 is 22.9 Å². The van der Waals surface area contributed by atoms with E-state index in [4.69, 9.17) is 11.6 Å². The maximum atomic E-state index is 12.4. The highest BCUT2D eigenvalue weighted by Crippen LogP contribution is 2.28. The Balaban J connectivity index is 1.83. The number of anilines is 3. The van der Waals surface area contributed by atoms with Crippen LogP contribution in [-0.2, 0) is 0 Å². The first-order valence-electron chi connectivity index (χ1n) is 6.55. The average molecular weight is 347 g/mol. The molecule has 7 nitrogen and oxygen atoms in total. The smallest absolute Gasteiger partial charge is 0.278 e. The second-order valence-corrected chi connectivity index (χ2v) is 6.05. The van der Waals surface area contributed by atoms with Gasteiger partial charge in [0.25, 0.3) is 5.91 Å². The van der Waals surface area contributed by atoms with Gasteiger partial charge < -0.3 is 10.6 Å². The van der Waals surface area contributed by atoms with Crippen molar-refractivity contribution < 1.29 is 4.79 Å². The monoisotopic (exact) mass is 346 g/mol. The van der Waals surface area contributed by atoms with Crippen LogP contribution in [0.15, 0.2) is 36.9 Å². The average Bonchev–Trinajstić information content (AvgIpc) is 2.89. The third-order valence-electron chi connectivity index (χ3n) is 2.72. The highest BCUT2D eigenvalue weighted by Gasteiger charge is 2.18. The summed E-state index contributed by atoms with van der Waals surface area (Å²) in [5.74, 6) is -0.00869. The maximum Gasteiger partial charge on any atom is 0.278 e. The Morgan fingerprint density at radius 1 is 1.22 bits per heavy atom. The van der Waals surface area contributed by atoms with Gasteiger partial charge in [-0.25, -0.2) is 19.9 Å². The summed E-state index contributed by atoms with van der Waals surface area (Å²) in [6.45, 7) is 1.83. The Morgan fingerprint density at radius 2 is 2.00 bits per heavy atom. The van der Waals surface area contributed by atoms with Crippen molar-refractivity contribution in [3.8, 4) is 0 Å². The zero-order valence-electron chi connectivity index (χ0n) is 11.9. The van der Waals surface area contributed by atoms with Crippen molar-refractivity contribution in [2.24, 2.45) is 0 Å². The van der Waals surface area contributed by atoms with Gasteiger partial charge in [-0.15, -0.1) is 11.3 Å². The molecule has 116 valence electrons. The lowest BCUT2D eigenvalue weighted by Gasteiger charge is -2.06. The number of aryl methyl sites for hydroxylation is 1. The largest absolute Gasteiger partial charge is 0.343 e. The van der Waals surface area contributed by atoms with Gasteiger partial charge in [0.05, 0.1) is 23.1 Å². The van der Waals surface area contributed by atoms with Gasteiger partial charge in [-0.05, 0) is 19.1 Å². The highest BCUT2D eigenvalue weighted by molar-refractivity contribution is 7.16. The minimum atomic E-state index is -0.372. The third kappa shape index (κ3) is 3.79. The van der Waals surface area contributed by atoms with Crippen LogP contribution in [0.3, 0.4) is 0 Å². The standard InChI is InChI=1S/C14H11ClN6OS/c1-8-18-12(13(22)21-11-4-2-3-10(15)20-11)14(23-8)19-9-5-16-7-17-6-9/h2-7,19H,1H3,(H,20,21,22). The van der Waals surface area contributed by atoms with Gasteiger partial charge in [-0.2, -0.15) is 0 Å². The molecule has 3 aromatic heterocycles. The molecule has 0 atom stereocenters. The van der Waals surface area contributed by atoms with Crippen LogP contribution in [0, 0.1) is 6.92 Å². The second-order valence-electron chi connectivity index (χ2n) is 4.46. The normalized spacial score (nSPS) is 10.3. The Labute approximate surface area is 140 Å². The first kappa shape index (κ1) is 15.3. The number of amides is 1. The molecule has 0 saturated carbocycles. The van der Waals surface area contributed by atoms with E-state index in [1.165, 1.54) is 17.7 Å². The van der Waals surface area contributed by atoms with Gasteiger partial charge in [0.1, 0.15) is 22.3 Å². The molecule has 0 aliphatic heterocycles. The molecule has 0 fully saturated rings. The molecule has 9 heteroatoms. The molecular formula is C14H11ClN6OS. The maximum absolute atomic E-state index is 12.4. The fraction of sp³-hybridized carbons (Fsp3) is 0.0714. The Bertz CT molecular complexity index is 838. The number of nitrogens with zero attached hydrogens (tertiary/aromatic N) is 4. The minimum absolute atomic E-state index is 0.276. The summed E-state index contributed by atoms with van der Waals surface area (Å²) in [6.07, 6.45) is 4.66. The van der Waals surface area contributed by atoms with Crippen molar-refractivity contribution in [3.63, 3.8) is 0 Å². The number of aromatic nitrogens is 4. The van der Waals surface area contributed by atoms with Crippen molar-refractivity contribution >= 4 is 45.4 Å². The van der Waals surface area contributed by atoms with E-state index in [0.29, 0.717) is 21.7 Å². The first-order valence-corrected chi connectivity index (χ1v) is 7.74. The lowest BCUT2D eigenvalue weighted by molar-refractivity contribution is 0.102. The molecule has 23 heavy (non-hydrogen) atoms. The number of carbonyl (C=O) groups excluding carboxylic acids is 1. The summed E-state index contributed by atoms with van der Waals surface area (Å²) in [4.78, 5) is 28.6. The van der Waals surface area contributed by atoms with Gasteiger partial charge in [0, 0.05) is 0 Å². The molecule has 3 rings (SSSR count). The predicted molar refractivity (Wildman–Crippen MR) is 89.4 cm³/mol. The van der Waals surface area contributed by atoms with E-state index in [0.717, 1.165) is 5.01 Å². The van der Waals surface area contributed by atoms with Crippen LogP contribution in [0.2, 0.25) is 5.15 Å². The zero-order chi connectivity index (χ0) is 16.2. The fourth-order valence-corrected chi connectivity index (χ4v) is 2.81. The van der Waals surface area contributed by atoms with Crippen molar-refractivity contribution in [1.29, 1.82) is 0 Å². The molecule has 1 amide bonds. The van der Waals surface area contributed by atoms with Gasteiger partial charge >= 0.3 is 0 Å². The number of pyridine rings is 1. The number of hydrogen-bond donors (Lipinski definition) is 2. The molecular weight excluding hydrogens is 336 g/mol. The topological polar surface area (TPSA) is 92.7 Å². The number of nitrogens with one attached hydrogen (secondary N) is 2. The molecule has 0 unspecified atom stereocenters. The van der Waals surface area contributed by atoms with Crippen LogP contribution in [0.5, 0.6) is 0 Å². The van der Waals surface area contributed by atoms with Crippen LogP contribution in [-0.4, -0.2) is 25.8 Å². The molecule has 0 bridgehead atoms.